The van der Waals surface area contributed by atoms with Gasteiger partial charge in [0.1, 0.15) is 12.3 Å². The largest absolute Gasteiger partial charge is 0.497 e. The molecule has 0 unspecified atom stereocenters. The maximum absolute atomic E-state index is 13.4. The number of carbonyl (C=O) groups excluding carboxylic acids is 2. The van der Waals surface area contributed by atoms with Gasteiger partial charge in [0.15, 0.2) is 0 Å². The van der Waals surface area contributed by atoms with Gasteiger partial charge in [0.25, 0.3) is 0 Å². The minimum Gasteiger partial charge on any atom is -0.497 e. The van der Waals surface area contributed by atoms with Crippen molar-refractivity contribution in [3.63, 3.8) is 0 Å². The van der Waals surface area contributed by atoms with Crippen molar-refractivity contribution in [1.29, 1.82) is 0 Å². The second-order valence-electron chi connectivity index (χ2n) is 8.14. The minimum atomic E-state index is -0.310. The van der Waals surface area contributed by atoms with Crippen LogP contribution in [0.15, 0.2) is 66.0 Å². The second kappa shape index (κ2) is 11.5. The first-order valence-corrected chi connectivity index (χ1v) is 11.8. The summed E-state index contributed by atoms with van der Waals surface area (Å²) in [7, 11) is 1.60. The normalized spacial score (nSPS) is 10.7. The number of urea groups is 1. The van der Waals surface area contributed by atoms with Crippen LogP contribution in [-0.2, 0) is 17.9 Å². The molecule has 33 heavy (non-hydrogen) atoms. The Bertz CT molecular complexity index is 1050. The molecule has 1 aromatic heterocycles. The molecule has 174 valence electrons. The van der Waals surface area contributed by atoms with Gasteiger partial charge in [-0.25, -0.2) is 4.79 Å². The van der Waals surface area contributed by atoms with Crippen molar-refractivity contribution in [1.82, 2.24) is 9.80 Å². The number of amides is 3. The highest BCUT2D eigenvalue weighted by molar-refractivity contribution is 7.10. The van der Waals surface area contributed by atoms with E-state index >= 15 is 0 Å². The molecule has 0 bridgehead atoms. The predicted molar refractivity (Wildman–Crippen MR) is 134 cm³/mol. The van der Waals surface area contributed by atoms with Crippen LogP contribution in [0.4, 0.5) is 10.5 Å². The van der Waals surface area contributed by atoms with Crippen LogP contribution < -0.4 is 10.1 Å². The van der Waals surface area contributed by atoms with E-state index in [1.54, 1.807) is 47.6 Å². The van der Waals surface area contributed by atoms with E-state index in [1.165, 1.54) is 5.56 Å². The van der Waals surface area contributed by atoms with Crippen molar-refractivity contribution >= 4 is 29.0 Å². The molecule has 0 aliphatic heterocycles. The Morgan fingerprint density at radius 3 is 2.27 bits per heavy atom. The number of nitrogens with one attached hydrogen (secondary N) is 1. The van der Waals surface area contributed by atoms with Crippen molar-refractivity contribution in [3.8, 4) is 5.75 Å². The summed E-state index contributed by atoms with van der Waals surface area (Å²) in [5.74, 6) is 0.620. The molecule has 1 heterocycles. The number of benzene rings is 2. The van der Waals surface area contributed by atoms with Gasteiger partial charge in [0, 0.05) is 23.2 Å². The number of aryl methyl sites for hydroxylation is 1. The van der Waals surface area contributed by atoms with E-state index in [1.807, 2.05) is 54.5 Å². The van der Waals surface area contributed by atoms with Crippen LogP contribution in [0.1, 0.15) is 29.9 Å². The predicted octanol–water partition coefficient (Wildman–Crippen LogP) is 5.54. The molecule has 0 spiro atoms. The molecule has 0 aliphatic carbocycles. The zero-order chi connectivity index (χ0) is 23.8. The number of rotatable bonds is 9. The molecule has 3 amide bonds. The third kappa shape index (κ3) is 6.83. The third-order valence-electron chi connectivity index (χ3n) is 5.40. The van der Waals surface area contributed by atoms with E-state index in [0.29, 0.717) is 24.5 Å². The van der Waals surface area contributed by atoms with Crippen molar-refractivity contribution in [3.05, 3.63) is 82.0 Å². The maximum atomic E-state index is 13.4. The fraction of sp³-hybridized carbons (Fsp3) is 0.308. The van der Waals surface area contributed by atoms with Crippen molar-refractivity contribution in [2.75, 3.05) is 19.0 Å². The van der Waals surface area contributed by atoms with Crippen molar-refractivity contribution in [2.45, 2.75) is 39.9 Å². The molecular weight excluding hydrogens is 434 g/mol. The molecule has 0 saturated heterocycles. The van der Waals surface area contributed by atoms with Crippen molar-refractivity contribution < 1.29 is 14.3 Å². The van der Waals surface area contributed by atoms with E-state index in [0.717, 1.165) is 10.4 Å². The van der Waals surface area contributed by atoms with E-state index in [2.05, 4.69) is 18.3 Å². The highest BCUT2D eigenvalue weighted by Crippen LogP contribution is 2.20. The van der Waals surface area contributed by atoms with Crippen LogP contribution in [-0.4, -0.2) is 41.4 Å². The van der Waals surface area contributed by atoms with Crippen molar-refractivity contribution in [2.24, 2.45) is 0 Å². The summed E-state index contributed by atoms with van der Waals surface area (Å²) < 4.78 is 5.17. The number of hydrogen-bond acceptors (Lipinski definition) is 4. The zero-order valence-electron chi connectivity index (χ0n) is 19.6. The Kier molecular flexibility index (Phi) is 8.49. The number of hydrogen-bond donors (Lipinski definition) is 1. The van der Waals surface area contributed by atoms with Crippen LogP contribution >= 0.6 is 11.3 Å². The number of ether oxygens (including phenoxy) is 1. The molecule has 2 aromatic carbocycles. The van der Waals surface area contributed by atoms with Crippen LogP contribution in [0.3, 0.4) is 0 Å². The lowest BCUT2D eigenvalue weighted by Crippen LogP contribution is -2.47. The number of nitrogens with zero attached hydrogens (tertiary/aromatic N) is 2. The first-order valence-electron chi connectivity index (χ1n) is 10.9. The molecule has 3 rings (SSSR count). The molecule has 6 nitrogen and oxygen atoms in total. The van der Waals surface area contributed by atoms with Crippen LogP contribution in [0, 0.1) is 6.92 Å². The smallest absolute Gasteiger partial charge is 0.322 e. The van der Waals surface area contributed by atoms with E-state index in [9.17, 15) is 9.59 Å². The lowest BCUT2D eigenvalue weighted by atomic mass is 10.2. The Balaban J connectivity index is 1.74. The third-order valence-corrected chi connectivity index (χ3v) is 6.41. The molecule has 1 N–H and O–H groups in total. The Morgan fingerprint density at radius 1 is 1.00 bits per heavy atom. The molecule has 0 radical (unpaired) electrons. The monoisotopic (exact) mass is 465 g/mol. The van der Waals surface area contributed by atoms with Gasteiger partial charge in [-0.3, -0.25) is 4.79 Å². The quantitative estimate of drug-likeness (QED) is 0.452. The van der Waals surface area contributed by atoms with Crippen LogP contribution in [0.25, 0.3) is 0 Å². The average Bonchev–Trinajstić information content (AvgIpc) is 3.22. The average molecular weight is 466 g/mol. The summed E-state index contributed by atoms with van der Waals surface area (Å²) in [5.41, 5.74) is 2.87. The van der Waals surface area contributed by atoms with Gasteiger partial charge in [-0.1, -0.05) is 30.3 Å². The summed E-state index contributed by atoms with van der Waals surface area (Å²) in [5, 5.41) is 4.93. The second-order valence-corrected chi connectivity index (χ2v) is 9.14. The Morgan fingerprint density at radius 2 is 1.70 bits per heavy atom. The van der Waals surface area contributed by atoms with Crippen LogP contribution in [0.5, 0.6) is 5.75 Å². The first kappa shape index (κ1) is 24.3. The number of methoxy groups -OCH3 is 1. The van der Waals surface area contributed by atoms with Gasteiger partial charge in [-0.2, -0.15) is 0 Å². The summed E-state index contributed by atoms with van der Waals surface area (Å²) in [6.07, 6.45) is 0. The molecule has 3 aromatic rings. The Hall–Kier alpha value is -3.32. The number of anilines is 1. The molecule has 0 atom stereocenters. The highest BCUT2D eigenvalue weighted by Gasteiger charge is 2.24. The van der Waals surface area contributed by atoms with Gasteiger partial charge >= 0.3 is 6.03 Å². The highest BCUT2D eigenvalue weighted by atomic mass is 32.1. The van der Waals surface area contributed by atoms with E-state index in [4.69, 9.17) is 4.74 Å². The zero-order valence-corrected chi connectivity index (χ0v) is 20.4. The molecule has 7 heteroatoms. The molecule has 0 aliphatic rings. The summed E-state index contributed by atoms with van der Waals surface area (Å²) in [4.78, 5) is 31.0. The summed E-state index contributed by atoms with van der Waals surface area (Å²) >= 11 is 1.65. The Labute approximate surface area is 199 Å². The standard InChI is InChI=1S/C26H31N3O3S/c1-19(2)29(26(31)27-22-10-12-23(32-4)13-11-22)18-25(30)28(16-21-8-6-5-7-9-21)17-24-20(3)14-15-33-24/h5-15,19H,16-18H2,1-4H3,(H,27,31). The number of carbonyl (C=O) groups is 2. The van der Waals surface area contributed by atoms with Crippen LogP contribution in [0.2, 0.25) is 0 Å². The minimum absolute atomic E-state index is 0.00306. The van der Waals surface area contributed by atoms with Gasteiger partial charge in [0.2, 0.25) is 5.91 Å². The van der Waals surface area contributed by atoms with Gasteiger partial charge in [-0.05, 0) is 67.6 Å². The maximum Gasteiger partial charge on any atom is 0.322 e. The molecule has 0 saturated carbocycles. The van der Waals surface area contributed by atoms with E-state index < -0.39 is 0 Å². The SMILES string of the molecule is COc1ccc(NC(=O)N(CC(=O)N(Cc2ccccc2)Cc2sccc2C)C(C)C)cc1. The lowest BCUT2D eigenvalue weighted by molar-refractivity contribution is -0.133. The topological polar surface area (TPSA) is 61.9 Å². The van der Waals surface area contributed by atoms with Gasteiger partial charge < -0.3 is 19.9 Å². The fourth-order valence-corrected chi connectivity index (χ4v) is 4.30. The van der Waals surface area contributed by atoms with E-state index in [-0.39, 0.29) is 24.5 Å². The summed E-state index contributed by atoms with van der Waals surface area (Å²) in [6.45, 7) is 6.88. The number of thiophene rings is 1. The lowest BCUT2D eigenvalue weighted by Gasteiger charge is -2.30. The van der Waals surface area contributed by atoms with Gasteiger partial charge in [0.05, 0.1) is 13.7 Å². The first-order chi connectivity index (χ1) is 15.9. The fourth-order valence-electron chi connectivity index (χ4n) is 3.38. The summed E-state index contributed by atoms with van der Waals surface area (Å²) in [6, 6.07) is 18.7. The van der Waals surface area contributed by atoms with Gasteiger partial charge in [-0.15, -0.1) is 11.3 Å². The molecule has 0 fully saturated rings. The molecular formula is C26H31N3O3S.